The Morgan fingerprint density at radius 1 is 0.808 bits per heavy atom. The maximum atomic E-state index is 14.5. The molecule has 2 heterocycles. The van der Waals surface area contributed by atoms with Crippen LogP contribution < -0.4 is 29.1 Å². The van der Waals surface area contributed by atoms with Crippen molar-refractivity contribution in [3.05, 3.63) is 150 Å². The Balaban J connectivity index is 1.47. The number of aromatic nitrogens is 1. The van der Waals surface area contributed by atoms with Gasteiger partial charge in [0.15, 0.2) is 16.3 Å². The highest BCUT2D eigenvalue weighted by Crippen LogP contribution is 2.36. The van der Waals surface area contributed by atoms with E-state index in [0.717, 1.165) is 11.1 Å². The first-order valence-corrected chi connectivity index (χ1v) is 17.8. The Morgan fingerprint density at radius 2 is 1.52 bits per heavy atom. The lowest BCUT2D eigenvalue weighted by Crippen LogP contribution is -2.40. The van der Waals surface area contributed by atoms with Crippen LogP contribution in [-0.2, 0) is 20.9 Å². The van der Waals surface area contributed by atoms with Gasteiger partial charge in [-0.1, -0.05) is 78.1 Å². The van der Waals surface area contributed by atoms with Gasteiger partial charge in [0, 0.05) is 11.1 Å². The number of para-hydroxylation sites is 1. The highest BCUT2D eigenvalue weighted by molar-refractivity contribution is 7.07. The van der Waals surface area contributed by atoms with Crippen molar-refractivity contribution in [2.24, 2.45) is 4.99 Å². The minimum atomic E-state index is -0.832. The normalized spacial score (nSPS) is 13.9. The first-order chi connectivity index (χ1) is 25.4. The van der Waals surface area contributed by atoms with Crippen LogP contribution >= 0.6 is 11.3 Å². The molecule has 0 unspecified atom stereocenters. The monoisotopic (exact) mass is 718 g/mol. The summed E-state index contributed by atoms with van der Waals surface area (Å²) in [4.78, 5) is 45.8. The molecule has 0 fully saturated rings. The predicted molar refractivity (Wildman–Crippen MR) is 198 cm³/mol. The molecular weight excluding hydrogens is 681 g/mol. The van der Waals surface area contributed by atoms with Crippen molar-refractivity contribution in [2.75, 3.05) is 26.9 Å². The molecule has 1 aromatic heterocycles. The second-order valence-electron chi connectivity index (χ2n) is 11.5. The number of esters is 2. The van der Waals surface area contributed by atoms with Crippen LogP contribution in [0.2, 0.25) is 0 Å². The molecule has 5 aromatic rings. The van der Waals surface area contributed by atoms with Crippen molar-refractivity contribution < 1.29 is 33.3 Å². The van der Waals surface area contributed by atoms with Crippen molar-refractivity contribution in [3.63, 3.8) is 0 Å². The smallest absolute Gasteiger partial charge is 0.338 e. The molecule has 11 heteroatoms. The maximum absolute atomic E-state index is 14.5. The predicted octanol–water partition coefficient (Wildman–Crippen LogP) is 6.10. The average molecular weight is 719 g/mol. The van der Waals surface area contributed by atoms with Gasteiger partial charge in [-0.15, -0.1) is 0 Å². The molecule has 0 radical (unpaired) electrons. The number of benzene rings is 4. The molecule has 0 aliphatic carbocycles. The summed E-state index contributed by atoms with van der Waals surface area (Å²) in [6.45, 7) is 6.53. The van der Waals surface area contributed by atoms with Gasteiger partial charge in [0.2, 0.25) is 0 Å². The van der Waals surface area contributed by atoms with E-state index in [9.17, 15) is 14.4 Å². The van der Waals surface area contributed by atoms with E-state index in [4.69, 9.17) is 28.7 Å². The topological polar surface area (TPSA) is 115 Å². The Morgan fingerprint density at radius 3 is 2.19 bits per heavy atom. The van der Waals surface area contributed by atoms with Gasteiger partial charge in [0.05, 0.1) is 54.3 Å². The van der Waals surface area contributed by atoms with Gasteiger partial charge < -0.3 is 23.7 Å². The Labute approximate surface area is 304 Å². The highest BCUT2D eigenvalue weighted by Gasteiger charge is 2.35. The van der Waals surface area contributed by atoms with E-state index in [0.29, 0.717) is 62.2 Å². The quantitative estimate of drug-likeness (QED) is 0.134. The number of rotatable bonds is 13. The van der Waals surface area contributed by atoms with Crippen molar-refractivity contribution in [2.45, 2.75) is 33.4 Å². The number of hydrogen-bond acceptors (Lipinski definition) is 10. The number of hydrogen-bond donors (Lipinski definition) is 0. The van der Waals surface area contributed by atoms with Crippen LogP contribution in [0, 0.1) is 0 Å². The molecule has 0 spiro atoms. The molecule has 1 aliphatic rings. The zero-order valence-corrected chi connectivity index (χ0v) is 30.1. The fraction of sp³-hybridized carbons (Fsp3) is 0.220. The van der Waals surface area contributed by atoms with Crippen molar-refractivity contribution in [3.8, 4) is 17.2 Å². The third-order valence-electron chi connectivity index (χ3n) is 8.24. The second-order valence-corrected chi connectivity index (χ2v) is 12.5. The Hall–Kier alpha value is -5.94. The molecule has 266 valence electrons. The van der Waals surface area contributed by atoms with Gasteiger partial charge in [-0.2, -0.15) is 0 Å². The summed E-state index contributed by atoms with van der Waals surface area (Å²) in [5, 5.41) is 0. The van der Waals surface area contributed by atoms with Crippen molar-refractivity contribution >= 4 is 35.0 Å². The van der Waals surface area contributed by atoms with E-state index >= 15 is 0 Å². The largest absolute Gasteiger partial charge is 0.494 e. The standard InChI is InChI=1S/C41H38N2O8S/c1-5-48-31-22-20-28(21-23-31)36-34(40(46)50-7-3)35(27-12-9-8-10-13-27)42-41-43(36)38(44)33(52-41)24-30-14-11-15-32(47-4)37(30)51-25-26-16-18-29(19-17-26)39(45)49-6-2/h8-24,36H,5-7,25H2,1-4H3/b33-24-/t36-/m0/s1. The van der Waals surface area contributed by atoms with Crippen LogP contribution in [-0.4, -0.2) is 43.4 Å². The molecule has 10 nitrogen and oxygen atoms in total. The highest BCUT2D eigenvalue weighted by atomic mass is 32.1. The third-order valence-corrected chi connectivity index (χ3v) is 9.23. The maximum Gasteiger partial charge on any atom is 0.338 e. The zero-order chi connectivity index (χ0) is 36.6. The first-order valence-electron chi connectivity index (χ1n) is 16.9. The van der Waals surface area contributed by atoms with Gasteiger partial charge in [-0.3, -0.25) is 9.36 Å². The number of carbonyl (C=O) groups is 2. The molecule has 0 amide bonds. The summed E-state index contributed by atoms with van der Waals surface area (Å²) in [6.07, 6.45) is 1.75. The molecule has 52 heavy (non-hydrogen) atoms. The van der Waals surface area contributed by atoms with E-state index in [1.54, 1.807) is 61.9 Å². The lowest BCUT2D eigenvalue weighted by molar-refractivity contribution is -0.138. The Bertz CT molecular complexity index is 2270. The van der Waals surface area contributed by atoms with Crippen LogP contribution in [0.3, 0.4) is 0 Å². The lowest BCUT2D eigenvalue weighted by Gasteiger charge is -2.26. The van der Waals surface area contributed by atoms with E-state index in [-0.39, 0.29) is 24.3 Å². The lowest BCUT2D eigenvalue weighted by atomic mass is 9.93. The van der Waals surface area contributed by atoms with Gasteiger partial charge in [0.25, 0.3) is 5.56 Å². The summed E-state index contributed by atoms with van der Waals surface area (Å²) in [7, 11) is 1.55. The van der Waals surface area contributed by atoms with E-state index < -0.39 is 18.0 Å². The molecule has 0 N–H and O–H groups in total. The number of fused-ring (bicyclic) bond motifs is 1. The molecule has 4 aromatic carbocycles. The molecule has 0 bridgehead atoms. The minimum Gasteiger partial charge on any atom is -0.494 e. The van der Waals surface area contributed by atoms with E-state index in [1.807, 2.05) is 73.7 Å². The van der Waals surface area contributed by atoms with Crippen LogP contribution in [0.4, 0.5) is 0 Å². The number of thiazole rings is 1. The zero-order valence-electron chi connectivity index (χ0n) is 29.3. The van der Waals surface area contributed by atoms with Crippen LogP contribution in [0.25, 0.3) is 11.8 Å². The molecular formula is C41H38N2O8S. The molecule has 0 saturated carbocycles. The minimum absolute atomic E-state index is 0.152. The van der Waals surface area contributed by atoms with E-state index in [1.165, 1.54) is 11.3 Å². The second kappa shape index (κ2) is 16.4. The van der Waals surface area contributed by atoms with Crippen molar-refractivity contribution in [1.29, 1.82) is 0 Å². The fourth-order valence-corrected chi connectivity index (χ4v) is 6.87. The van der Waals surface area contributed by atoms with Crippen LogP contribution in [0.5, 0.6) is 17.2 Å². The number of ether oxygens (including phenoxy) is 5. The number of nitrogens with zero attached hydrogens (tertiary/aromatic N) is 2. The number of carbonyl (C=O) groups excluding carboxylic acids is 2. The molecule has 0 saturated heterocycles. The van der Waals surface area contributed by atoms with E-state index in [2.05, 4.69) is 0 Å². The van der Waals surface area contributed by atoms with Gasteiger partial charge in [-0.25, -0.2) is 14.6 Å². The van der Waals surface area contributed by atoms with Gasteiger partial charge in [0.1, 0.15) is 12.4 Å². The van der Waals surface area contributed by atoms with Gasteiger partial charge in [-0.05, 0) is 68.3 Å². The SMILES string of the molecule is CCOC(=O)C1=C(c2ccccc2)N=c2s/c(=C\c3cccc(OC)c3OCc3ccc(C(=O)OCC)cc3)c(=O)n2[C@H]1c1ccc(OCC)cc1. The molecule has 1 atom stereocenters. The molecule has 1 aliphatic heterocycles. The summed E-state index contributed by atoms with van der Waals surface area (Å²) in [5.41, 5.74) is 3.65. The van der Waals surface area contributed by atoms with Crippen molar-refractivity contribution in [1.82, 2.24) is 4.57 Å². The first kappa shape index (κ1) is 35.9. The number of methoxy groups -OCH3 is 1. The Kier molecular flexibility index (Phi) is 11.3. The summed E-state index contributed by atoms with van der Waals surface area (Å²) >= 11 is 1.21. The summed E-state index contributed by atoms with van der Waals surface area (Å²) in [6, 6.07) is 28.3. The fourth-order valence-electron chi connectivity index (χ4n) is 5.88. The third kappa shape index (κ3) is 7.54. The van der Waals surface area contributed by atoms with Gasteiger partial charge >= 0.3 is 11.9 Å². The van der Waals surface area contributed by atoms with Crippen LogP contribution in [0.15, 0.2) is 112 Å². The summed E-state index contributed by atoms with van der Waals surface area (Å²) < 4.78 is 30.2. The summed E-state index contributed by atoms with van der Waals surface area (Å²) in [5.74, 6) is 0.637. The average Bonchev–Trinajstić information content (AvgIpc) is 3.48. The molecule has 6 rings (SSSR count). The van der Waals surface area contributed by atoms with Crippen LogP contribution in [0.1, 0.15) is 59.4 Å².